The van der Waals surface area contributed by atoms with Gasteiger partial charge in [-0.3, -0.25) is 4.72 Å². The van der Waals surface area contributed by atoms with Crippen LogP contribution in [0.2, 0.25) is 5.15 Å². The van der Waals surface area contributed by atoms with Gasteiger partial charge in [0.2, 0.25) is 10.0 Å². The summed E-state index contributed by atoms with van der Waals surface area (Å²) in [4.78, 5) is 3.75. The van der Waals surface area contributed by atoms with Crippen LogP contribution < -0.4 is 4.72 Å². The highest BCUT2D eigenvalue weighted by molar-refractivity contribution is 7.91. The topological polar surface area (TPSA) is 59.1 Å². The zero-order valence-corrected chi connectivity index (χ0v) is 11.2. The molecule has 19 heavy (non-hydrogen) atoms. The summed E-state index contributed by atoms with van der Waals surface area (Å²) in [5.74, 6) is -0.650. The number of nitrogens with one attached hydrogen (secondary N) is 1. The first-order valence-electron chi connectivity index (χ1n) is 5.31. The van der Waals surface area contributed by atoms with Gasteiger partial charge in [-0.25, -0.2) is 17.8 Å². The third-order valence-corrected chi connectivity index (χ3v) is 3.74. The first-order valence-corrected chi connectivity index (χ1v) is 7.34. The van der Waals surface area contributed by atoms with Gasteiger partial charge in [0.1, 0.15) is 11.0 Å². The number of rotatable bonds is 4. The van der Waals surface area contributed by atoms with Crippen LogP contribution in [0, 0.1) is 5.82 Å². The maximum Gasteiger partial charge on any atom is 0.236 e. The van der Waals surface area contributed by atoms with Crippen LogP contribution >= 0.6 is 11.6 Å². The Morgan fingerprint density at radius 3 is 2.53 bits per heavy atom. The second-order valence-corrected chi connectivity index (χ2v) is 5.96. The lowest BCUT2D eigenvalue weighted by Gasteiger charge is -2.08. The number of anilines is 1. The SMILES string of the molecule is O=S(=O)(Cc1ccc(F)cc1)Nc1ccnc(Cl)c1. The molecule has 4 nitrogen and oxygen atoms in total. The van der Waals surface area contributed by atoms with Crippen molar-refractivity contribution < 1.29 is 12.8 Å². The van der Waals surface area contributed by atoms with E-state index in [1.54, 1.807) is 0 Å². The van der Waals surface area contributed by atoms with Crippen molar-refractivity contribution in [3.05, 3.63) is 59.1 Å². The van der Waals surface area contributed by atoms with E-state index in [1.165, 1.54) is 42.6 Å². The van der Waals surface area contributed by atoms with Crippen molar-refractivity contribution in [2.24, 2.45) is 0 Å². The Kier molecular flexibility index (Phi) is 4.01. The van der Waals surface area contributed by atoms with Crippen molar-refractivity contribution in [2.45, 2.75) is 5.75 Å². The molecular formula is C12H10ClFN2O2S. The average molecular weight is 301 g/mol. The second kappa shape index (κ2) is 5.54. The van der Waals surface area contributed by atoms with Crippen LogP contribution in [-0.2, 0) is 15.8 Å². The van der Waals surface area contributed by atoms with E-state index in [0.717, 1.165) is 0 Å². The summed E-state index contributed by atoms with van der Waals surface area (Å²) >= 11 is 5.66. The fourth-order valence-corrected chi connectivity index (χ4v) is 2.85. The second-order valence-electron chi connectivity index (χ2n) is 3.85. The fraction of sp³-hybridized carbons (Fsp3) is 0.0833. The normalized spacial score (nSPS) is 11.3. The van der Waals surface area contributed by atoms with Gasteiger partial charge >= 0.3 is 0 Å². The molecule has 1 aromatic heterocycles. The van der Waals surface area contributed by atoms with E-state index < -0.39 is 15.8 Å². The maximum atomic E-state index is 12.7. The molecule has 0 fully saturated rings. The first-order chi connectivity index (χ1) is 8.94. The smallest absolute Gasteiger partial charge is 0.236 e. The van der Waals surface area contributed by atoms with Gasteiger partial charge < -0.3 is 0 Å². The predicted molar refractivity (Wildman–Crippen MR) is 71.9 cm³/mol. The Balaban J connectivity index is 2.13. The van der Waals surface area contributed by atoms with E-state index in [0.29, 0.717) is 11.3 Å². The molecule has 0 amide bonds. The summed E-state index contributed by atoms with van der Waals surface area (Å²) in [5, 5.41) is 0.196. The van der Waals surface area contributed by atoms with E-state index in [4.69, 9.17) is 11.6 Å². The molecule has 0 radical (unpaired) electrons. The summed E-state index contributed by atoms with van der Waals surface area (Å²) in [7, 11) is -3.58. The molecular weight excluding hydrogens is 291 g/mol. The minimum atomic E-state index is -3.58. The molecule has 0 atom stereocenters. The molecule has 2 aromatic rings. The van der Waals surface area contributed by atoms with Crippen molar-refractivity contribution >= 4 is 27.3 Å². The third kappa shape index (κ3) is 4.18. The Hall–Kier alpha value is -1.66. The quantitative estimate of drug-likeness (QED) is 0.883. The van der Waals surface area contributed by atoms with Crippen molar-refractivity contribution in [3.63, 3.8) is 0 Å². The van der Waals surface area contributed by atoms with Crippen LogP contribution in [0.4, 0.5) is 10.1 Å². The molecule has 0 unspecified atom stereocenters. The van der Waals surface area contributed by atoms with Gasteiger partial charge in [-0.15, -0.1) is 0 Å². The summed E-state index contributed by atoms with van der Waals surface area (Å²) in [6.07, 6.45) is 1.40. The molecule has 0 saturated heterocycles. The zero-order valence-electron chi connectivity index (χ0n) is 9.68. The molecule has 0 aliphatic rings. The number of halogens is 2. The fourth-order valence-electron chi connectivity index (χ4n) is 1.48. The summed E-state index contributed by atoms with van der Waals surface area (Å²) in [6, 6.07) is 8.18. The molecule has 0 aliphatic heterocycles. The number of benzene rings is 1. The molecule has 1 heterocycles. The molecule has 7 heteroatoms. The molecule has 0 saturated carbocycles. The average Bonchev–Trinajstić information content (AvgIpc) is 2.31. The lowest BCUT2D eigenvalue weighted by Crippen LogP contribution is -2.15. The van der Waals surface area contributed by atoms with Gasteiger partial charge in [0.15, 0.2) is 0 Å². The number of aromatic nitrogens is 1. The van der Waals surface area contributed by atoms with Gasteiger partial charge in [0.05, 0.1) is 11.4 Å². The number of nitrogens with zero attached hydrogens (tertiary/aromatic N) is 1. The Bertz CT molecular complexity index is 674. The van der Waals surface area contributed by atoms with E-state index in [2.05, 4.69) is 9.71 Å². The predicted octanol–water partition coefficient (Wildman–Crippen LogP) is 2.82. The highest BCUT2D eigenvalue weighted by atomic mass is 35.5. The molecule has 100 valence electrons. The zero-order chi connectivity index (χ0) is 13.9. The van der Waals surface area contributed by atoms with Gasteiger partial charge in [-0.2, -0.15) is 0 Å². The van der Waals surface area contributed by atoms with Gasteiger partial charge in [-0.1, -0.05) is 23.7 Å². The van der Waals surface area contributed by atoms with Gasteiger partial charge in [-0.05, 0) is 29.8 Å². The van der Waals surface area contributed by atoms with Crippen LogP contribution in [0.1, 0.15) is 5.56 Å². The van der Waals surface area contributed by atoms with Crippen molar-refractivity contribution in [2.75, 3.05) is 4.72 Å². The highest BCUT2D eigenvalue weighted by Gasteiger charge is 2.12. The molecule has 0 aliphatic carbocycles. The maximum absolute atomic E-state index is 12.7. The number of hydrogen-bond donors (Lipinski definition) is 1. The van der Waals surface area contributed by atoms with Gasteiger partial charge in [0.25, 0.3) is 0 Å². The highest BCUT2D eigenvalue weighted by Crippen LogP contribution is 2.15. The molecule has 0 spiro atoms. The van der Waals surface area contributed by atoms with E-state index >= 15 is 0 Å². The van der Waals surface area contributed by atoms with Crippen molar-refractivity contribution in [1.82, 2.24) is 4.98 Å². The third-order valence-electron chi connectivity index (χ3n) is 2.27. The standard InChI is InChI=1S/C12H10ClFN2O2S/c13-12-7-11(5-6-15-12)16-19(17,18)8-9-1-3-10(14)4-2-9/h1-7H,8H2,(H,15,16). The van der Waals surface area contributed by atoms with Crippen LogP contribution in [0.5, 0.6) is 0 Å². The van der Waals surface area contributed by atoms with Crippen molar-refractivity contribution in [1.29, 1.82) is 0 Å². The minimum absolute atomic E-state index is 0.196. The lowest BCUT2D eigenvalue weighted by molar-refractivity contribution is 0.600. The van der Waals surface area contributed by atoms with Crippen LogP contribution in [0.15, 0.2) is 42.6 Å². The molecule has 2 rings (SSSR count). The summed E-state index contributed by atoms with van der Waals surface area (Å²) < 4.78 is 38.9. The number of sulfonamides is 1. The van der Waals surface area contributed by atoms with E-state index in [1.807, 2.05) is 0 Å². The summed E-state index contributed by atoms with van der Waals surface area (Å²) in [6.45, 7) is 0. The number of hydrogen-bond acceptors (Lipinski definition) is 3. The Morgan fingerprint density at radius 2 is 1.89 bits per heavy atom. The first kappa shape index (κ1) is 13.8. The van der Waals surface area contributed by atoms with Crippen LogP contribution in [-0.4, -0.2) is 13.4 Å². The van der Waals surface area contributed by atoms with E-state index in [-0.39, 0.29) is 10.9 Å². The summed E-state index contributed by atoms with van der Waals surface area (Å²) in [5.41, 5.74) is 0.830. The number of pyridine rings is 1. The van der Waals surface area contributed by atoms with Crippen LogP contribution in [0.25, 0.3) is 0 Å². The van der Waals surface area contributed by atoms with Crippen molar-refractivity contribution in [3.8, 4) is 0 Å². The largest absolute Gasteiger partial charge is 0.283 e. The minimum Gasteiger partial charge on any atom is -0.283 e. The Labute approximate surface area is 115 Å². The Morgan fingerprint density at radius 1 is 1.21 bits per heavy atom. The monoisotopic (exact) mass is 300 g/mol. The molecule has 1 N–H and O–H groups in total. The van der Waals surface area contributed by atoms with Gasteiger partial charge in [0, 0.05) is 6.20 Å². The van der Waals surface area contributed by atoms with Crippen LogP contribution in [0.3, 0.4) is 0 Å². The molecule has 0 bridgehead atoms. The van der Waals surface area contributed by atoms with E-state index in [9.17, 15) is 12.8 Å². The molecule has 1 aromatic carbocycles. The lowest BCUT2D eigenvalue weighted by atomic mass is 10.2.